The second-order valence-corrected chi connectivity index (χ2v) is 6.80. The van der Waals surface area contributed by atoms with Crippen LogP contribution in [0.4, 0.5) is 21.5 Å². The average molecular weight is 394 g/mol. The van der Waals surface area contributed by atoms with Gasteiger partial charge < -0.3 is 15.1 Å². The summed E-state index contributed by atoms with van der Waals surface area (Å²) >= 11 is 5.86. The summed E-state index contributed by atoms with van der Waals surface area (Å²) in [6.45, 7) is 2.76. The van der Waals surface area contributed by atoms with E-state index < -0.39 is 10.7 Å². The van der Waals surface area contributed by atoms with E-state index >= 15 is 0 Å². The molecule has 1 fully saturated rings. The van der Waals surface area contributed by atoms with Crippen molar-refractivity contribution in [1.82, 2.24) is 0 Å². The van der Waals surface area contributed by atoms with Gasteiger partial charge in [0, 0.05) is 16.8 Å². The van der Waals surface area contributed by atoms with Crippen molar-refractivity contribution in [3.8, 4) is 0 Å². The fourth-order valence-corrected chi connectivity index (χ4v) is 3.32. The molecule has 0 bridgehead atoms. The third-order valence-corrected chi connectivity index (χ3v) is 4.70. The zero-order chi connectivity index (χ0) is 19.4. The van der Waals surface area contributed by atoms with E-state index in [1.165, 1.54) is 24.3 Å². The van der Waals surface area contributed by atoms with Gasteiger partial charge in [0.15, 0.2) is 6.54 Å². The first-order valence-electron chi connectivity index (χ1n) is 8.50. The lowest BCUT2D eigenvalue weighted by atomic mass is 10.2. The molecule has 1 amide bonds. The Kier molecular flexibility index (Phi) is 5.88. The van der Waals surface area contributed by atoms with E-state index in [1.54, 1.807) is 18.2 Å². The molecule has 9 heteroatoms. The number of carbonyl (C=O) groups is 1. The number of rotatable bonds is 5. The Hall–Kier alpha value is -2.71. The van der Waals surface area contributed by atoms with Crippen molar-refractivity contribution < 1.29 is 19.0 Å². The zero-order valence-electron chi connectivity index (χ0n) is 14.5. The number of nitro groups is 1. The fraction of sp³-hybridized carbons (Fsp3) is 0.278. The van der Waals surface area contributed by atoms with E-state index in [2.05, 4.69) is 5.32 Å². The number of nitrogens with one attached hydrogen (secondary N) is 2. The largest absolute Gasteiger partial charge is 0.355 e. The molecule has 1 aliphatic heterocycles. The molecular formula is C18H19ClFN4O3+. The highest BCUT2D eigenvalue weighted by Crippen LogP contribution is 2.30. The number of hydrogen-bond acceptors (Lipinski definition) is 4. The van der Waals surface area contributed by atoms with Crippen LogP contribution in [0.2, 0.25) is 5.02 Å². The van der Waals surface area contributed by atoms with Gasteiger partial charge in [-0.1, -0.05) is 17.7 Å². The minimum Gasteiger partial charge on any atom is -0.355 e. The summed E-state index contributed by atoms with van der Waals surface area (Å²) in [6.07, 6.45) is 0. The molecule has 27 heavy (non-hydrogen) atoms. The van der Waals surface area contributed by atoms with E-state index in [0.29, 0.717) is 42.6 Å². The van der Waals surface area contributed by atoms with Crippen molar-refractivity contribution in [3.05, 3.63) is 63.4 Å². The van der Waals surface area contributed by atoms with E-state index in [9.17, 15) is 19.3 Å². The highest BCUT2D eigenvalue weighted by atomic mass is 35.5. The number of halogens is 2. The second-order valence-electron chi connectivity index (χ2n) is 6.36. The van der Waals surface area contributed by atoms with E-state index in [-0.39, 0.29) is 18.1 Å². The molecule has 0 saturated carbocycles. The van der Waals surface area contributed by atoms with Gasteiger partial charge in [0.05, 0.1) is 31.1 Å². The zero-order valence-corrected chi connectivity index (χ0v) is 15.2. The highest BCUT2D eigenvalue weighted by molar-refractivity contribution is 6.30. The molecule has 7 nitrogen and oxygen atoms in total. The molecule has 0 aliphatic carbocycles. The SMILES string of the molecule is O=C(C[NH+]1CCN(c2ccc(Cl)cc2[N+](=O)[O-])CC1)Nc1cccc(F)c1. The van der Waals surface area contributed by atoms with Crippen LogP contribution in [-0.2, 0) is 4.79 Å². The lowest BCUT2D eigenvalue weighted by molar-refractivity contribution is -0.892. The summed E-state index contributed by atoms with van der Waals surface area (Å²) in [6, 6.07) is 10.4. The van der Waals surface area contributed by atoms with Crippen LogP contribution in [0.5, 0.6) is 0 Å². The van der Waals surface area contributed by atoms with E-state index in [0.717, 1.165) is 4.90 Å². The number of piperazine rings is 1. The standard InChI is InChI=1S/C18H18ClFN4O3/c19-13-4-5-16(17(10-13)24(26)27)23-8-6-22(7-9-23)12-18(25)21-15-3-1-2-14(20)11-15/h1-5,10-11H,6-9,12H2,(H,21,25)/p+1. The molecule has 1 heterocycles. The van der Waals surface area contributed by atoms with Crippen molar-refractivity contribution in [1.29, 1.82) is 0 Å². The topological polar surface area (TPSA) is 79.9 Å². The summed E-state index contributed by atoms with van der Waals surface area (Å²) in [5.41, 5.74) is 0.942. The first kappa shape index (κ1) is 19.1. The van der Waals surface area contributed by atoms with Gasteiger partial charge in [-0.2, -0.15) is 0 Å². The third-order valence-electron chi connectivity index (χ3n) is 4.46. The molecule has 2 aromatic carbocycles. The molecule has 0 aromatic heterocycles. The number of carbonyl (C=O) groups excluding carboxylic acids is 1. The van der Waals surface area contributed by atoms with Gasteiger partial charge in [0.1, 0.15) is 11.5 Å². The van der Waals surface area contributed by atoms with Gasteiger partial charge in [0.2, 0.25) is 0 Å². The Bertz CT molecular complexity index is 856. The van der Waals surface area contributed by atoms with Gasteiger partial charge in [-0.25, -0.2) is 4.39 Å². The van der Waals surface area contributed by atoms with Gasteiger partial charge in [-0.05, 0) is 30.3 Å². The van der Waals surface area contributed by atoms with Crippen LogP contribution in [0.3, 0.4) is 0 Å². The number of nitrogens with zero attached hydrogens (tertiary/aromatic N) is 2. The number of anilines is 2. The van der Waals surface area contributed by atoms with Crippen molar-refractivity contribution >= 4 is 34.6 Å². The Morgan fingerprint density at radius 2 is 2.00 bits per heavy atom. The van der Waals surface area contributed by atoms with Crippen molar-refractivity contribution in [3.63, 3.8) is 0 Å². The number of nitro benzene ring substituents is 1. The van der Waals surface area contributed by atoms with Gasteiger partial charge >= 0.3 is 0 Å². The van der Waals surface area contributed by atoms with Crippen molar-refractivity contribution in [2.24, 2.45) is 0 Å². The maximum absolute atomic E-state index is 13.2. The average Bonchev–Trinajstić information content (AvgIpc) is 2.62. The molecule has 2 aromatic rings. The molecule has 2 N–H and O–H groups in total. The predicted molar refractivity (Wildman–Crippen MR) is 101 cm³/mol. The molecule has 0 spiro atoms. The summed E-state index contributed by atoms with van der Waals surface area (Å²) in [4.78, 5) is 26.0. The molecule has 0 atom stereocenters. The predicted octanol–water partition coefficient (Wildman–Crippen LogP) is 1.73. The van der Waals surface area contributed by atoms with Gasteiger partial charge in [-0.15, -0.1) is 0 Å². The molecule has 142 valence electrons. The van der Waals surface area contributed by atoms with Crippen LogP contribution in [0, 0.1) is 15.9 Å². The molecule has 1 saturated heterocycles. The number of benzene rings is 2. The smallest absolute Gasteiger partial charge is 0.294 e. The quantitative estimate of drug-likeness (QED) is 0.599. The summed E-state index contributed by atoms with van der Waals surface area (Å²) < 4.78 is 13.2. The first-order chi connectivity index (χ1) is 12.9. The summed E-state index contributed by atoms with van der Waals surface area (Å²) in [7, 11) is 0. The summed E-state index contributed by atoms with van der Waals surface area (Å²) in [5, 5.41) is 14.3. The lowest BCUT2D eigenvalue weighted by Gasteiger charge is -2.33. The normalized spacial score (nSPS) is 14.8. The summed E-state index contributed by atoms with van der Waals surface area (Å²) in [5.74, 6) is -0.597. The van der Waals surface area contributed by atoms with Crippen molar-refractivity contribution in [2.45, 2.75) is 0 Å². The number of amides is 1. The van der Waals surface area contributed by atoms with Crippen LogP contribution < -0.4 is 15.1 Å². The maximum Gasteiger partial charge on any atom is 0.294 e. The van der Waals surface area contributed by atoms with Crippen LogP contribution in [0.1, 0.15) is 0 Å². The molecule has 0 unspecified atom stereocenters. The Morgan fingerprint density at radius 3 is 2.67 bits per heavy atom. The fourth-order valence-electron chi connectivity index (χ4n) is 3.15. The maximum atomic E-state index is 13.2. The van der Waals surface area contributed by atoms with Gasteiger partial charge in [-0.3, -0.25) is 14.9 Å². The number of quaternary nitrogens is 1. The molecular weight excluding hydrogens is 375 g/mol. The monoisotopic (exact) mass is 393 g/mol. The minimum atomic E-state index is -0.438. The highest BCUT2D eigenvalue weighted by Gasteiger charge is 2.26. The van der Waals surface area contributed by atoms with Crippen LogP contribution in [0.15, 0.2) is 42.5 Å². The molecule has 0 radical (unpaired) electrons. The van der Waals surface area contributed by atoms with E-state index in [4.69, 9.17) is 11.6 Å². The Balaban J connectivity index is 1.56. The van der Waals surface area contributed by atoms with E-state index in [1.807, 2.05) is 4.90 Å². The van der Waals surface area contributed by atoms with Crippen LogP contribution in [0.25, 0.3) is 0 Å². The second kappa shape index (κ2) is 8.32. The molecule has 3 rings (SSSR count). The molecule has 1 aliphatic rings. The Labute approximate surface area is 160 Å². The minimum absolute atomic E-state index is 0.0187. The third kappa shape index (κ3) is 4.93. The lowest BCUT2D eigenvalue weighted by Crippen LogP contribution is -3.15. The Morgan fingerprint density at radius 1 is 1.26 bits per heavy atom. The van der Waals surface area contributed by atoms with Crippen LogP contribution in [-0.4, -0.2) is 43.6 Å². The van der Waals surface area contributed by atoms with Crippen LogP contribution >= 0.6 is 11.6 Å². The van der Waals surface area contributed by atoms with Crippen molar-refractivity contribution in [2.75, 3.05) is 42.9 Å². The first-order valence-corrected chi connectivity index (χ1v) is 8.88. The number of hydrogen-bond donors (Lipinski definition) is 2. The van der Waals surface area contributed by atoms with Gasteiger partial charge in [0.25, 0.3) is 11.6 Å².